The second-order valence-electron chi connectivity index (χ2n) is 4.42. The molecule has 0 saturated heterocycles. The van der Waals surface area contributed by atoms with Gasteiger partial charge in [-0.25, -0.2) is 13.8 Å². The smallest absolute Gasteiger partial charge is 0.137 e. The molecule has 3 rings (SSSR count). The Balaban J connectivity index is 2.39. The Kier molecular flexibility index (Phi) is 3.10. The molecule has 100 valence electrons. The van der Waals surface area contributed by atoms with E-state index in [4.69, 9.17) is 11.6 Å². The summed E-state index contributed by atoms with van der Waals surface area (Å²) < 4.78 is 27.2. The molecular formula is C15H9ClF2N2. The van der Waals surface area contributed by atoms with E-state index in [1.807, 2.05) is 0 Å². The molecule has 3 aromatic rings. The first-order valence-corrected chi connectivity index (χ1v) is 6.31. The van der Waals surface area contributed by atoms with Gasteiger partial charge in [-0.05, 0) is 24.6 Å². The van der Waals surface area contributed by atoms with Crippen LogP contribution in [0, 0.1) is 18.6 Å². The van der Waals surface area contributed by atoms with Crippen LogP contribution in [0.2, 0.25) is 5.02 Å². The molecule has 0 aliphatic rings. The van der Waals surface area contributed by atoms with Crippen LogP contribution in [-0.4, -0.2) is 9.97 Å². The minimum absolute atomic E-state index is 0.142. The van der Waals surface area contributed by atoms with Gasteiger partial charge in [-0.1, -0.05) is 11.6 Å². The van der Waals surface area contributed by atoms with Crippen LogP contribution in [0.4, 0.5) is 8.78 Å². The number of hydrogen-bond acceptors (Lipinski definition) is 2. The highest BCUT2D eigenvalue weighted by atomic mass is 35.5. The van der Waals surface area contributed by atoms with Crippen LogP contribution in [0.5, 0.6) is 0 Å². The largest absolute Gasteiger partial charge is 0.265 e. The van der Waals surface area contributed by atoms with Gasteiger partial charge in [-0.2, -0.15) is 0 Å². The molecule has 1 aromatic carbocycles. The van der Waals surface area contributed by atoms with E-state index in [-0.39, 0.29) is 15.9 Å². The first-order valence-electron chi connectivity index (χ1n) is 5.93. The molecule has 0 aliphatic carbocycles. The summed E-state index contributed by atoms with van der Waals surface area (Å²) in [5.74, 6) is -1.38. The van der Waals surface area contributed by atoms with Gasteiger partial charge >= 0.3 is 0 Å². The van der Waals surface area contributed by atoms with E-state index < -0.39 is 11.6 Å². The zero-order valence-corrected chi connectivity index (χ0v) is 11.2. The van der Waals surface area contributed by atoms with Gasteiger partial charge in [-0.15, -0.1) is 0 Å². The third kappa shape index (κ3) is 2.02. The number of halogens is 3. The Morgan fingerprint density at radius 1 is 1.10 bits per heavy atom. The maximum atomic E-state index is 13.8. The zero-order chi connectivity index (χ0) is 14.3. The van der Waals surface area contributed by atoms with E-state index in [0.29, 0.717) is 11.3 Å². The highest BCUT2D eigenvalue weighted by Gasteiger charge is 2.15. The van der Waals surface area contributed by atoms with Crippen molar-refractivity contribution in [1.82, 2.24) is 9.97 Å². The fourth-order valence-electron chi connectivity index (χ4n) is 2.15. The van der Waals surface area contributed by atoms with Crippen LogP contribution in [0.3, 0.4) is 0 Å². The minimum atomic E-state index is -0.707. The number of rotatable bonds is 1. The number of benzene rings is 1. The minimum Gasteiger partial charge on any atom is -0.265 e. The van der Waals surface area contributed by atoms with Crippen LogP contribution >= 0.6 is 11.6 Å². The Bertz CT molecular complexity index is 804. The third-order valence-corrected chi connectivity index (χ3v) is 3.60. The molecule has 0 spiro atoms. The van der Waals surface area contributed by atoms with Crippen molar-refractivity contribution in [3.05, 3.63) is 58.9 Å². The van der Waals surface area contributed by atoms with Crippen LogP contribution in [0.1, 0.15) is 5.56 Å². The van der Waals surface area contributed by atoms with E-state index in [0.717, 1.165) is 11.6 Å². The summed E-state index contributed by atoms with van der Waals surface area (Å²) in [6.07, 6.45) is 3.25. The van der Waals surface area contributed by atoms with Crippen molar-refractivity contribution in [2.24, 2.45) is 0 Å². The van der Waals surface area contributed by atoms with Gasteiger partial charge in [0.05, 0.1) is 21.6 Å². The monoisotopic (exact) mass is 290 g/mol. The molecule has 0 bridgehead atoms. The highest BCUT2D eigenvalue weighted by molar-refractivity contribution is 6.36. The van der Waals surface area contributed by atoms with Crippen LogP contribution in [0.15, 0.2) is 36.7 Å². The standard InChI is InChI=1S/C15H9ClF2N2/c1-8-14(16)13-11(18)6-10(17)7-12(13)20-15(8)9-2-4-19-5-3-9/h2-7H,1H3. The summed E-state index contributed by atoms with van der Waals surface area (Å²) in [5.41, 5.74) is 2.24. The van der Waals surface area contributed by atoms with Gasteiger partial charge in [0, 0.05) is 30.1 Å². The first-order chi connectivity index (χ1) is 9.58. The SMILES string of the molecule is Cc1c(-c2ccncc2)nc2cc(F)cc(F)c2c1Cl. The molecular weight excluding hydrogens is 282 g/mol. The van der Waals surface area contributed by atoms with Crippen molar-refractivity contribution in [2.75, 3.05) is 0 Å². The zero-order valence-electron chi connectivity index (χ0n) is 10.5. The molecule has 0 saturated carbocycles. The van der Waals surface area contributed by atoms with Crippen molar-refractivity contribution in [1.29, 1.82) is 0 Å². The molecule has 0 unspecified atom stereocenters. The average Bonchev–Trinajstić information content (AvgIpc) is 2.43. The van der Waals surface area contributed by atoms with Gasteiger partial charge in [0.15, 0.2) is 0 Å². The molecule has 0 atom stereocenters. The van der Waals surface area contributed by atoms with E-state index in [9.17, 15) is 8.78 Å². The van der Waals surface area contributed by atoms with Gasteiger partial charge in [0.1, 0.15) is 11.6 Å². The number of nitrogens with zero attached hydrogens (tertiary/aromatic N) is 2. The Morgan fingerprint density at radius 3 is 2.50 bits per heavy atom. The lowest BCUT2D eigenvalue weighted by Gasteiger charge is -2.11. The predicted molar refractivity (Wildman–Crippen MR) is 74.6 cm³/mol. The number of pyridine rings is 2. The Morgan fingerprint density at radius 2 is 1.80 bits per heavy atom. The lowest BCUT2D eigenvalue weighted by Crippen LogP contribution is -1.95. The lowest BCUT2D eigenvalue weighted by atomic mass is 10.0. The van der Waals surface area contributed by atoms with Crippen molar-refractivity contribution in [3.63, 3.8) is 0 Å². The van der Waals surface area contributed by atoms with Crippen molar-refractivity contribution >= 4 is 22.5 Å². The number of aromatic nitrogens is 2. The average molecular weight is 291 g/mol. The van der Waals surface area contributed by atoms with Crippen molar-refractivity contribution in [2.45, 2.75) is 6.92 Å². The van der Waals surface area contributed by atoms with E-state index >= 15 is 0 Å². The number of hydrogen-bond donors (Lipinski definition) is 0. The second kappa shape index (κ2) is 4.80. The summed E-state index contributed by atoms with van der Waals surface area (Å²) in [7, 11) is 0. The molecule has 0 aliphatic heterocycles. The molecule has 0 radical (unpaired) electrons. The quantitative estimate of drug-likeness (QED) is 0.658. The first kappa shape index (κ1) is 12.9. The molecule has 20 heavy (non-hydrogen) atoms. The summed E-state index contributed by atoms with van der Waals surface area (Å²) >= 11 is 6.22. The summed E-state index contributed by atoms with van der Waals surface area (Å²) in [6.45, 7) is 1.76. The molecule has 0 fully saturated rings. The maximum Gasteiger partial charge on any atom is 0.137 e. The van der Waals surface area contributed by atoms with Crippen molar-refractivity contribution in [3.8, 4) is 11.3 Å². The van der Waals surface area contributed by atoms with Crippen LogP contribution in [0.25, 0.3) is 22.2 Å². The Hall–Kier alpha value is -2.07. The molecule has 0 amide bonds. The number of fused-ring (bicyclic) bond motifs is 1. The molecule has 2 nitrogen and oxygen atoms in total. The molecule has 2 heterocycles. The Labute approximate surface area is 119 Å². The van der Waals surface area contributed by atoms with Gasteiger partial charge < -0.3 is 0 Å². The van der Waals surface area contributed by atoms with Crippen molar-refractivity contribution < 1.29 is 8.78 Å². The van der Waals surface area contributed by atoms with E-state index in [1.165, 1.54) is 6.07 Å². The van der Waals surface area contributed by atoms with E-state index in [1.54, 1.807) is 31.5 Å². The molecule has 5 heteroatoms. The third-order valence-electron chi connectivity index (χ3n) is 3.12. The fourth-order valence-corrected chi connectivity index (χ4v) is 2.43. The predicted octanol–water partition coefficient (Wildman–Crippen LogP) is 4.54. The fraction of sp³-hybridized carbons (Fsp3) is 0.0667. The van der Waals surface area contributed by atoms with E-state index in [2.05, 4.69) is 9.97 Å². The van der Waals surface area contributed by atoms with Gasteiger partial charge in [0.2, 0.25) is 0 Å². The van der Waals surface area contributed by atoms with Gasteiger partial charge in [-0.3, -0.25) is 4.98 Å². The molecule has 0 N–H and O–H groups in total. The lowest BCUT2D eigenvalue weighted by molar-refractivity contribution is 0.591. The summed E-state index contributed by atoms with van der Waals surface area (Å²) in [5, 5.41) is 0.391. The van der Waals surface area contributed by atoms with Crippen LogP contribution < -0.4 is 0 Å². The summed E-state index contributed by atoms with van der Waals surface area (Å²) in [4.78, 5) is 8.27. The topological polar surface area (TPSA) is 25.8 Å². The second-order valence-corrected chi connectivity index (χ2v) is 4.79. The highest BCUT2D eigenvalue weighted by Crippen LogP contribution is 2.34. The van der Waals surface area contributed by atoms with Crippen LogP contribution in [-0.2, 0) is 0 Å². The summed E-state index contributed by atoms with van der Waals surface area (Å²) in [6, 6.07) is 5.52. The maximum absolute atomic E-state index is 13.8. The van der Waals surface area contributed by atoms with Gasteiger partial charge in [0.25, 0.3) is 0 Å². The normalized spacial score (nSPS) is 11.0. The molecule has 2 aromatic heterocycles.